The van der Waals surface area contributed by atoms with Gasteiger partial charge in [-0.05, 0) is 52.4 Å². The summed E-state index contributed by atoms with van der Waals surface area (Å²) in [6.45, 7) is 0.893. The van der Waals surface area contributed by atoms with E-state index < -0.39 is 0 Å². The normalized spacial score (nSPS) is 10.2. The molecule has 0 radical (unpaired) electrons. The smallest absolute Gasteiger partial charge is 0.120 e. The number of ether oxygens (including phenoxy) is 1. The molecule has 94 valence electrons. The van der Waals surface area contributed by atoms with E-state index in [1.54, 1.807) is 7.11 Å². The second kappa shape index (κ2) is 6.09. The summed E-state index contributed by atoms with van der Waals surface area (Å²) >= 11 is 2.32. The van der Waals surface area contributed by atoms with Crippen LogP contribution in [-0.4, -0.2) is 14.2 Å². The van der Waals surface area contributed by atoms with Gasteiger partial charge in [0, 0.05) is 28.9 Å². The molecule has 0 bridgehead atoms. The maximum atomic E-state index is 5.24. The molecule has 0 aliphatic rings. The maximum Gasteiger partial charge on any atom is 0.120 e. The Balaban J connectivity index is 2.11. The Morgan fingerprint density at radius 2 is 1.83 bits per heavy atom. The van der Waals surface area contributed by atoms with E-state index >= 15 is 0 Å². The summed E-state index contributed by atoms with van der Waals surface area (Å²) in [4.78, 5) is 2.21. The third kappa shape index (κ3) is 3.38. The van der Waals surface area contributed by atoms with Gasteiger partial charge >= 0.3 is 0 Å². The summed E-state index contributed by atoms with van der Waals surface area (Å²) in [5, 5.41) is 0. The molecule has 18 heavy (non-hydrogen) atoms. The van der Waals surface area contributed by atoms with Crippen LogP contribution < -0.4 is 9.64 Å². The van der Waals surface area contributed by atoms with Crippen molar-refractivity contribution in [2.45, 2.75) is 6.54 Å². The van der Waals surface area contributed by atoms with Crippen LogP contribution in [0.25, 0.3) is 0 Å². The van der Waals surface area contributed by atoms with Crippen LogP contribution in [0.4, 0.5) is 5.69 Å². The summed E-state index contributed by atoms with van der Waals surface area (Å²) in [6, 6.07) is 16.7. The fourth-order valence-corrected chi connectivity index (χ4v) is 2.16. The molecule has 0 aromatic heterocycles. The molecule has 2 aromatic carbocycles. The number of nitrogens with zero attached hydrogens (tertiary/aromatic N) is 1. The van der Waals surface area contributed by atoms with Gasteiger partial charge in [-0.25, -0.2) is 0 Å². The van der Waals surface area contributed by atoms with Crippen molar-refractivity contribution in [1.29, 1.82) is 0 Å². The molecule has 0 fully saturated rings. The van der Waals surface area contributed by atoms with Crippen molar-refractivity contribution in [3.63, 3.8) is 0 Å². The number of anilines is 1. The lowest BCUT2D eigenvalue weighted by molar-refractivity contribution is 0.415. The first-order valence-electron chi connectivity index (χ1n) is 5.78. The third-order valence-corrected chi connectivity index (χ3v) is 3.55. The van der Waals surface area contributed by atoms with Crippen molar-refractivity contribution in [3.05, 3.63) is 57.7 Å². The van der Waals surface area contributed by atoms with Crippen LogP contribution in [0.3, 0.4) is 0 Å². The largest absolute Gasteiger partial charge is 0.497 e. The van der Waals surface area contributed by atoms with Gasteiger partial charge in [-0.2, -0.15) is 0 Å². The molecule has 0 unspecified atom stereocenters. The van der Waals surface area contributed by atoms with Gasteiger partial charge in [0.1, 0.15) is 5.75 Å². The Morgan fingerprint density at radius 3 is 2.50 bits per heavy atom. The first-order valence-corrected chi connectivity index (χ1v) is 6.86. The summed E-state index contributed by atoms with van der Waals surface area (Å²) in [7, 11) is 3.78. The van der Waals surface area contributed by atoms with Crippen molar-refractivity contribution in [2.24, 2.45) is 0 Å². The van der Waals surface area contributed by atoms with Crippen molar-refractivity contribution in [3.8, 4) is 5.75 Å². The SMILES string of the molecule is COc1cccc(N(C)Cc2ccc(I)cc2)c1. The molecule has 2 rings (SSSR count). The summed E-state index contributed by atoms with van der Waals surface area (Å²) in [5.41, 5.74) is 2.47. The zero-order valence-corrected chi connectivity index (χ0v) is 12.7. The van der Waals surface area contributed by atoms with Gasteiger partial charge < -0.3 is 9.64 Å². The molecule has 3 heteroatoms. The van der Waals surface area contributed by atoms with Crippen molar-refractivity contribution in [2.75, 3.05) is 19.1 Å². The lowest BCUT2D eigenvalue weighted by Gasteiger charge is -2.20. The minimum Gasteiger partial charge on any atom is -0.497 e. The van der Waals surface area contributed by atoms with E-state index in [1.807, 2.05) is 18.2 Å². The summed E-state index contributed by atoms with van der Waals surface area (Å²) in [5.74, 6) is 0.891. The molecule has 0 saturated heterocycles. The topological polar surface area (TPSA) is 12.5 Å². The van der Waals surface area contributed by atoms with Gasteiger partial charge in [-0.1, -0.05) is 18.2 Å². The minimum absolute atomic E-state index is 0.891. The van der Waals surface area contributed by atoms with Crippen LogP contribution in [0.5, 0.6) is 5.75 Å². The van der Waals surface area contributed by atoms with E-state index in [-0.39, 0.29) is 0 Å². The van der Waals surface area contributed by atoms with Gasteiger partial charge in [0.2, 0.25) is 0 Å². The molecule has 0 atom stereocenters. The van der Waals surface area contributed by atoms with E-state index in [2.05, 4.69) is 64.9 Å². The first-order chi connectivity index (χ1) is 8.69. The highest BCUT2D eigenvalue weighted by Gasteiger charge is 2.03. The third-order valence-electron chi connectivity index (χ3n) is 2.83. The molecule has 2 nitrogen and oxygen atoms in total. The van der Waals surface area contributed by atoms with Crippen LogP contribution in [0.2, 0.25) is 0 Å². The predicted molar refractivity (Wildman–Crippen MR) is 84.3 cm³/mol. The minimum atomic E-state index is 0.891. The van der Waals surface area contributed by atoms with Crippen molar-refractivity contribution >= 4 is 28.3 Å². The monoisotopic (exact) mass is 353 g/mol. The van der Waals surface area contributed by atoms with E-state index in [9.17, 15) is 0 Å². The molecule has 2 aromatic rings. The molecular formula is C15H16INO. The number of hydrogen-bond acceptors (Lipinski definition) is 2. The number of halogens is 1. The molecule has 0 amide bonds. The molecule has 0 saturated carbocycles. The van der Waals surface area contributed by atoms with Gasteiger partial charge in [0.05, 0.1) is 7.11 Å². The Kier molecular flexibility index (Phi) is 4.47. The molecule has 0 N–H and O–H groups in total. The van der Waals surface area contributed by atoms with Crippen LogP contribution >= 0.6 is 22.6 Å². The van der Waals surface area contributed by atoms with E-state index in [0.717, 1.165) is 18.0 Å². The maximum absolute atomic E-state index is 5.24. The fraction of sp³-hybridized carbons (Fsp3) is 0.200. The van der Waals surface area contributed by atoms with Crippen molar-refractivity contribution < 1.29 is 4.74 Å². The van der Waals surface area contributed by atoms with Gasteiger partial charge in [-0.15, -0.1) is 0 Å². The molecule has 0 aliphatic heterocycles. The van der Waals surface area contributed by atoms with Gasteiger partial charge in [0.15, 0.2) is 0 Å². The molecule has 0 heterocycles. The Bertz CT molecular complexity index is 510. The van der Waals surface area contributed by atoms with E-state index in [0.29, 0.717) is 0 Å². The molecule has 0 aliphatic carbocycles. The lowest BCUT2D eigenvalue weighted by atomic mass is 10.2. The van der Waals surface area contributed by atoms with Gasteiger partial charge in [-0.3, -0.25) is 0 Å². The average molecular weight is 353 g/mol. The summed E-state index contributed by atoms with van der Waals surface area (Å²) < 4.78 is 6.51. The Morgan fingerprint density at radius 1 is 1.11 bits per heavy atom. The first kappa shape index (κ1) is 13.2. The van der Waals surface area contributed by atoms with Crippen LogP contribution in [0, 0.1) is 3.57 Å². The molecule has 0 spiro atoms. The van der Waals surface area contributed by atoms with E-state index in [1.165, 1.54) is 9.13 Å². The van der Waals surface area contributed by atoms with E-state index in [4.69, 9.17) is 4.74 Å². The van der Waals surface area contributed by atoms with Crippen LogP contribution in [0.15, 0.2) is 48.5 Å². The second-order valence-electron chi connectivity index (χ2n) is 4.18. The second-order valence-corrected chi connectivity index (χ2v) is 5.43. The Hall–Kier alpha value is -1.23. The lowest BCUT2D eigenvalue weighted by Crippen LogP contribution is -2.16. The highest BCUT2D eigenvalue weighted by molar-refractivity contribution is 14.1. The van der Waals surface area contributed by atoms with Crippen LogP contribution in [-0.2, 0) is 6.54 Å². The quantitative estimate of drug-likeness (QED) is 0.773. The highest BCUT2D eigenvalue weighted by atomic mass is 127. The fourth-order valence-electron chi connectivity index (χ4n) is 1.80. The van der Waals surface area contributed by atoms with Gasteiger partial charge in [0.25, 0.3) is 0 Å². The molecular weight excluding hydrogens is 337 g/mol. The number of methoxy groups -OCH3 is 1. The Labute approximate surface area is 122 Å². The zero-order valence-electron chi connectivity index (χ0n) is 10.6. The zero-order chi connectivity index (χ0) is 13.0. The number of benzene rings is 2. The average Bonchev–Trinajstić information content (AvgIpc) is 2.41. The standard InChI is InChI=1S/C15H16INO/c1-17(11-12-6-8-13(16)9-7-12)14-4-3-5-15(10-14)18-2/h3-10H,11H2,1-2H3. The van der Waals surface area contributed by atoms with Crippen LogP contribution in [0.1, 0.15) is 5.56 Å². The van der Waals surface area contributed by atoms with Crippen molar-refractivity contribution in [1.82, 2.24) is 0 Å². The number of rotatable bonds is 4. The summed E-state index contributed by atoms with van der Waals surface area (Å²) in [6.07, 6.45) is 0. The highest BCUT2D eigenvalue weighted by Crippen LogP contribution is 2.21. The number of hydrogen-bond donors (Lipinski definition) is 0. The predicted octanol–water partition coefficient (Wildman–Crippen LogP) is 3.94.